The Balaban J connectivity index is 2.39. The highest BCUT2D eigenvalue weighted by Gasteiger charge is 2.41. The number of aliphatic hydroxyl groups excluding tert-OH is 2. The molecule has 0 aromatic heterocycles. The van der Waals surface area contributed by atoms with Gasteiger partial charge in [0, 0.05) is 10.0 Å². The Bertz CT molecular complexity index is 695. The molecule has 0 saturated carbocycles. The van der Waals surface area contributed by atoms with Crippen LogP contribution in [-0.4, -0.2) is 29.0 Å². The summed E-state index contributed by atoms with van der Waals surface area (Å²) < 4.78 is 39.1. The van der Waals surface area contributed by atoms with Crippen LogP contribution in [0.2, 0.25) is 10.0 Å². The Labute approximate surface area is 153 Å². The minimum absolute atomic E-state index is 0.346. The summed E-state index contributed by atoms with van der Waals surface area (Å²) in [6, 6.07) is 8.94. The van der Waals surface area contributed by atoms with Crippen LogP contribution >= 0.6 is 23.2 Å². The molecular formula is C17H16Cl2F3NO2. The lowest BCUT2D eigenvalue weighted by Crippen LogP contribution is -2.47. The van der Waals surface area contributed by atoms with Crippen LogP contribution < -0.4 is 5.32 Å². The van der Waals surface area contributed by atoms with Gasteiger partial charge in [-0.3, -0.25) is 5.32 Å². The number of hydrogen-bond acceptors (Lipinski definition) is 3. The molecule has 0 amide bonds. The van der Waals surface area contributed by atoms with Crippen molar-refractivity contribution in [1.82, 2.24) is 5.32 Å². The van der Waals surface area contributed by atoms with E-state index in [1.165, 1.54) is 30.3 Å². The molecule has 2 aromatic carbocycles. The Kier molecular flexibility index (Phi) is 6.71. The molecule has 0 spiro atoms. The SMILES string of the molecule is OCC(NC(c1ccc(Cl)cc1)C(O)c1cccc(Cl)c1)C(F)(F)F. The van der Waals surface area contributed by atoms with Crippen LogP contribution in [0.15, 0.2) is 48.5 Å². The van der Waals surface area contributed by atoms with Crippen molar-refractivity contribution in [3.8, 4) is 0 Å². The quantitative estimate of drug-likeness (QED) is 0.686. The zero-order valence-corrected chi connectivity index (χ0v) is 14.4. The normalized spacial score (nSPS) is 15.6. The van der Waals surface area contributed by atoms with Gasteiger partial charge in [0.05, 0.1) is 18.8 Å². The van der Waals surface area contributed by atoms with E-state index in [0.29, 0.717) is 21.2 Å². The van der Waals surface area contributed by atoms with Gasteiger partial charge in [-0.1, -0.05) is 47.5 Å². The van der Waals surface area contributed by atoms with E-state index in [-0.39, 0.29) is 0 Å². The fourth-order valence-electron chi connectivity index (χ4n) is 2.39. The maximum atomic E-state index is 13.0. The maximum Gasteiger partial charge on any atom is 0.406 e. The first-order valence-electron chi connectivity index (χ1n) is 7.35. The van der Waals surface area contributed by atoms with Gasteiger partial charge >= 0.3 is 6.18 Å². The van der Waals surface area contributed by atoms with E-state index in [0.717, 1.165) is 0 Å². The molecule has 0 fully saturated rings. The fourth-order valence-corrected chi connectivity index (χ4v) is 2.71. The zero-order chi connectivity index (χ0) is 18.6. The Hall–Kier alpha value is -1.31. The smallest absolute Gasteiger partial charge is 0.394 e. The van der Waals surface area contributed by atoms with Crippen LogP contribution in [0.4, 0.5) is 13.2 Å². The molecule has 3 N–H and O–H groups in total. The summed E-state index contributed by atoms with van der Waals surface area (Å²) in [4.78, 5) is 0. The summed E-state index contributed by atoms with van der Waals surface area (Å²) in [6.45, 7) is -1.16. The van der Waals surface area contributed by atoms with Crippen LogP contribution in [0.25, 0.3) is 0 Å². The fraction of sp³-hybridized carbons (Fsp3) is 0.294. The first kappa shape index (κ1) is 20.0. The van der Waals surface area contributed by atoms with E-state index in [4.69, 9.17) is 28.3 Å². The van der Waals surface area contributed by atoms with Crippen LogP contribution in [0.3, 0.4) is 0 Å². The summed E-state index contributed by atoms with van der Waals surface area (Å²) in [5, 5.41) is 22.8. The second-order valence-electron chi connectivity index (χ2n) is 5.47. The van der Waals surface area contributed by atoms with Crippen molar-refractivity contribution in [3.05, 3.63) is 69.7 Å². The molecule has 0 heterocycles. The van der Waals surface area contributed by atoms with Crippen molar-refractivity contribution >= 4 is 23.2 Å². The lowest BCUT2D eigenvalue weighted by atomic mass is 9.95. The van der Waals surface area contributed by atoms with E-state index < -0.39 is 31.0 Å². The summed E-state index contributed by atoms with van der Waals surface area (Å²) in [7, 11) is 0. The molecule has 0 aliphatic rings. The van der Waals surface area contributed by atoms with E-state index >= 15 is 0 Å². The molecule has 2 rings (SSSR count). The van der Waals surface area contributed by atoms with E-state index in [1.807, 2.05) is 0 Å². The van der Waals surface area contributed by atoms with Gasteiger partial charge in [0.1, 0.15) is 6.04 Å². The lowest BCUT2D eigenvalue weighted by Gasteiger charge is -2.30. The molecule has 25 heavy (non-hydrogen) atoms. The van der Waals surface area contributed by atoms with E-state index in [9.17, 15) is 18.3 Å². The first-order valence-corrected chi connectivity index (χ1v) is 8.10. The molecule has 3 unspecified atom stereocenters. The second kappa shape index (κ2) is 8.38. The maximum absolute atomic E-state index is 13.0. The summed E-state index contributed by atoms with van der Waals surface area (Å²) >= 11 is 11.7. The van der Waals surface area contributed by atoms with Gasteiger partial charge in [0.15, 0.2) is 0 Å². The summed E-state index contributed by atoms with van der Waals surface area (Å²) in [5.41, 5.74) is 0.735. The topological polar surface area (TPSA) is 52.5 Å². The Morgan fingerprint density at radius 3 is 2.12 bits per heavy atom. The van der Waals surface area contributed by atoms with Gasteiger partial charge in [-0.2, -0.15) is 13.2 Å². The third-order valence-electron chi connectivity index (χ3n) is 3.69. The highest BCUT2D eigenvalue weighted by molar-refractivity contribution is 6.30. The van der Waals surface area contributed by atoms with Crippen molar-refractivity contribution < 1.29 is 23.4 Å². The average Bonchev–Trinajstić information content (AvgIpc) is 2.55. The van der Waals surface area contributed by atoms with Crippen molar-refractivity contribution in [2.75, 3.05) is 6.61 Å². The number of nitrogens with one attached hydrogen (secondary N) is 1. The van der Waals surface area contributed by atoms with E-state index in [1.54, 1.807) is 18.2 Å². The first-order chi connectivity index (χ1) is 11.7. The molecule has 2 aromatic rings. The summed E-state index contributed by atoms with van der Waals surface area (Å²) in [5.74, 6) is 0. The standard InChI is InChI=1S/C17H16Cl2F3NO2/c18-12-6-4-10(5-7-12)15(23-14(9-24)17(20,21)22)16(25)11-2-1-3-13(19)8-11/h1-8,14-16,23-25H,9H2. The Morgan fingerprint density at radius 2 is 1.60 bits per heavy atom. The molecule has 136 valence electrons. The predicted molar refractivity (Wildman–Crippen MR) is 90.7 cm³/mol. The van der Waals surface area contributed by atoms with Crippen molar-refractivity contribution in [1.29, 1.82) is 0 Å². The van der Waals surface area contributed by atoms with Crippen LogP contribution in [-0.2, 0) is 0 Å². The molecule has 3 nitrogen and oxygen atoms in total. The van der Waals surface area contributed by atoms with Crippen LogP contribution in [0.1, 0.15) is 23.3 Å². The molecule has 0 aliphatic heterocycles. The van der Waals surface area contributed by atoms with Crippen molar-refractivity contribution in [3.63, 3.8) is 0 Å². The lowest BCUT2D eigenvalue weighted by molar-refractivity contribution is -0.167. The summed E-state index contributed by atoms with van der Waals surface area (Å²) in [6.07, 6.45) is -6.00. The highest BCUT2D eigenvalue weighted by atomic mass is 35.5. The number of halogens is 5. The molecule has 8 heteroatoms. The average molecular weight is 394 g/mol. The van der Waals surface area contributed by atoms with Gasteiger partial charge in [0.2, 0.25) is 0 Å². The molecule has 0 bridgehead atoms. The third kappa shape index (κ3) is 5.33. The second-order valence-corrected chi connectivity index (χ2v) is 6.35. The molecule has 0 saturated heterocycles. The van der Waals surface area contributed by atoms with Gasteiger partial charge < -0.3 is 10.2 Å². The molecular weight excluding hydrogens is 378 g/mol. The number of hydrogen-bond donors (Lipinski definition) is 3. The number of alkyl halides is 3. The number of aliphatic hydroxyl groups is 2. The minimum atomic E-state index is -4.67. The number of benzene rings is 2. The van der Waals surface area contributed by atoms with Gasteiger partial charge in [0.25, 0.3) is 0 Å². The van der Waals surface area contributed by atoms with Gasteiger partial charge in [-0.25, -0.2) is 0 Å². The van der Waals surface area contributed by atoms with E-state index in [2.05, 4.69) is 5.32 Å². The molecule has 3 atom stereocenters. The predicted octanol–water partition coefficient (Wildman–Crippen LogP) is 4.28. The molecule has 0 aliphatic carbocycles. The van der Waals surface area contributed by atoms with Crippen molar-refractivity contribution in [2.24, 2.45) is 0 Å². The van der Waals surface area contributed by atoms with Crippen molar-refractivity contribution in [2.45, 2.75) is 24.4 Å². The van der Waals surface area contributed by atoms with Gasteiger partial charge in [-0.15, -0.1) is 0 Å². The number of rotatable bonds is 6. The van der Waals surface area contributed by atoms with Crippen LogP contribution in [0.5, 0.6) is 0 Å². The monoisotopic (exact) mass is 393 g/mol. The largest absolute Gasteiger partial charge is 0.406 e. The minimum Gasteiger partial charge on any atom is -0.394 e. The molecule has 0 radical (unpaired) electrons. The van der Waals surface area contributed by atoms with Crippen LogP contribution in [0, 0.1) is 0 Å². The highest BCUT2D eigenvalue weighted by Crippen LogP contribution is 2.33. The Morgan fingerprint density at radius 1 is 0.960 bits per heavy atom. The van der Waals surface area contributed by atoms with Gasteiger partial charge in [-0.05, 0) is 35.4 Å². The third-order valence-corrected chi connectivity index (χ3v) is 4.18. The zero-order valence-electron chi connectivity index (χ0n) is 12.8.